The summed E-state index contributed by atoms with van der Waals surface area (Å²) < 4.78 is 0. The molecular formula is C12H18N4O. The molecule has 0 radical (unpaired) electrons. The second-order valence-electron chi connectivity index (χ2n) is 5.31. The van der Waals surface area contributed by atoms with Crippen molar-refractivity contribution in [1.82, 2.24) is 15.1 Å². The van der Waals surface area contributed by atoms with E-state index in [0.29, 0.717) is 17.5 Å². The molecule has 3 unspecified atom stereocenters. The number of likely N-dealkylation sites (tertiary alicyclic amines) is 1. The van der Waals surface area contributed by atoms with Crippen molar-refractivity contribution < 1.29 is 4.79 Å². The lowest BCUT2D eigenvalue weighted by Gasteiger charge is -2.17. The molecule has 1 aromatic heterocycles. The number of amides is 1. The number of H-pyrrole nitrogens is 1. The summed E-state index contributed by atoms with van der Waals surface area (Å²) in [5, 5.41) is 6.84. The lowest BCUT2D eigenvalue weighted by molar-refractivity contribution is 0.0773. The third-order valence-corrected chi connectivity index (χ3v) is 4.12. The van der Waals surface area contributed by atoms with Gasteiger partial charge in [-0.3, -0.25) is 9.89 Å². The summed E-state index contributed by atoms with van der Waals surface area (Å²) in [5.41, 5.74) is 7.51. The smallest absolute Gasteiger partial charge is 0.274 e. The molecule has 1 aliphatic heterocycles. The maximum Gasteiger partial charge on any atom is 0.274 e. The number of hydrogen-bond acceptors (Lipinski definition) is 3. The largest absolute Gasteiger partial charge is 0.337 e. The van der Waals surface area contributed by atoms with Gasteiger partial charge in [-0.1, -0.05) is 0 Å². The fourth-order valence-electron chi connectivity index (χ4n) is 3.16. The Morgan fingerprint density at radius 2 is 2.35 bits per heavy atom. The molecule has 3 rings (SSSR count). The van der Waals surface area contributed by atoms with Crippen LogP contribution in [0.4, 0.5) is 0 Å². The Labute approximate surface area is 100 Å². The number of nitrogens with zero attached hydrogens (tertiary/aromatic N) is 2. The molecule has 0 bridgehead atoms. The third kappa shape index (κ3) is 1.74. The summed E-state index contributed by atoms with van der Waals surface area (Å²) in [6.45, 7) is 3.55. The van der Waals surface area contributed by atoms with Crippen molar-refractivity contribution >= 4 is 5.91 Å². The van der Waals surface area contributed by atoms with E-state index in [-0.39, 0.29) is 11.9 Å². The zero-order chi connectivity index (χ0) is 12.0. The van der Waals surface area contributed by atoms with Crippen LogP contribution < -0.4 is 5.73 Å². The van der Waals surface area contributed by atoms with Crippen LogP contribution in [-0.2, 0) is 0 Å². The number of fused-ring (bicyclic) bond motifs is 1. The minimum Gasteiger partial charge on any atom is -0.337 e. The minimum absolute atomic E-state index is 0.0379. The highest BCUT2D eigenvalue weighted by Gasteiger charge is 2.42. The zero-order valence-electron chi connectivity index (χ0n) is 10.0. The number of nitrogens with one attached hydrogen (secondary N) is 1. The molecule has 3 N–H and O–H groups in total. The van der Waals surface area contributed by atoms with Crippen molar-refractivity contribution in [3.05, 3.63) is 17.5 Å². The van der Waals surface area contributed by atoms with E-state index in [1.165, 1.54) is 0 Å². The maximum absolute atomic E-state index is 12.2. The van der Waals surface area contributed by atoms with E-state index < -0.39 is 0 Å². The van der Waals surface area contributed by atoms with Gasteiger partial charge in [-0.15, -0.1) is 0 Å². The number of nitrogens with two attached hydrogens (primary N) is 1. The first-order valence-corrected chi connectivity index (χ1v) is 6.22. The molecule has 1 saturated carbocycles. The average molecular weight is 234 g/mol. The third-order valence-electron chi connectivity index (χ3n) is 4.12. The number of rotatable bonds is 1. The first kappa shape index (κ1) is 10.8. The molecule has 0 spiro atoms. The Balaban J connectivity index is 1.73. The fourth-order valence-corrected chi connectivity index (χ4v) is 3.16. The molecule has 5 heteroatoms. The molecule has 1 saturated heterocycles. The Morgan fingerprint density at radius 1 is 1.53 bits per heavy atom. The fraction of sp³-hybridized carbons (Fsp3) is 0.667. The van der Waals surface area contributed by atoms with Gasteiger partial charge in [0.15, 0.2) is 0 Å². The Hall–Kier alpha value is -1.36. The summed E-state index contributed by atoms with van der Waals surface area (Å²) in [4.78, 5) is 14.1. The van der Waals surface area contributed by atoms with Crippen LogP contribution in [0.15, 0.2) is 6.07 Å². The lowest BCUT2D eigenvalue weighted by Crippen LogP contribution is -2.33. The predicted molar refractivity (Wildman–Crippen MR) is 63.4 cm³/mol. The van der Waals surface area contributed by atoms with Gasteiger partial charge in [0.2, 0.25) is 0 Å². The van der Waals surface area contributed by atoms with Crippen molar-refractivity contribution in [1.29, 1.82) is 0 Å². The highest BCUT2D eigenvalue weighted by molar-refractivity contribution is 5.92. The summed E-state index contributed by atoms with van der Waals surface area (Å²) in [5.74, 6) is 1.14. The van der Waals surface area contributed by atoms with Gasteiger partial charge in [0.1, 0.15) is 5.69 Å². The average Bonchev–Trinajstić information content (AvgIpc) is 2.96. The van der Waals surface area contributed by atoms with E-state index in [2.05, 4.69) is 10.2 Å². The first-order valence-electron chi connectivity index (χ1n) is 6.22. The number of aromatic nitrogens is 2. The van der Waals surface area contributed by atoms with Gasteiger partial charge in [0, 0.05) is 24.8 Å². The molecule has 2 aliphatic rings. The Bertz CT molecular complexity index is 441. The monoisotopic (exact) mass is 234 g/mol. The first-order chi connectivity index (χ1) is 8.15. The van der Waals surface area contributed by atoms with E-state index in [1.807, 2.05) is 11.8 Å². The Kier molecular flexibility index (Phi) is 2.43. The standard InChI is InChI=1S/C12H18N4O/c1-7-4-11(15-14-7)12(17)16-5-8-2-3-10(13)9(8)6-16/h4,8-10H,2-3,5-6,13H2,1H3,(H,14,15). The number of carbonyl (C=O) groups is 1. The molecule has 1 amide bonds. The molecule has 5 nitrogen and oxygen atoms in total. The predicted octanol–water partition coefficient (Wildman–Crippen LogP) is 0.527. The van der Waals surface area contributed by atoms with E-state index >= 15 is 0 Å². The van der Waals surface area contributed by atoms with Crippen LogP contribution in [0, 0.1) is 18.8 Å². The van der Waals surface area contributed by atoms with Crippen molar-refractivity contribution in [2.24, 2.45) is 17.6 Å². The van der Waals surface area contributed by atoms with Crippen LogP contribution in [0.5, 0.6) is 0 Å². The summed E-state index contributed by atoms with van der Waals surface area (Å²) in [6.07, 6.45) is 2.27. The SMILES string of the molecule is Cc1cc(C(=O)N2CC3CCC(N)C3C2)n[nH]1. The highest BCUT2D eigenvalue weighted by atomic mass is 16.2. The topological polar surface area (TPSA) is 75.0 Å². The molecular weight excluding hydrogens is 216 g/mol. The van der Waals surface area contributed by atoms with Gasteiger partial charge >= 0.3 is 0 Å². The summed E-state index contributed by atoms with van der Waals surface area (Å²) in [6, 6.07) is 2.08. The molecule has 2 fully saturated rings. The zero-order valence-corrected chi connectivity index (χ0v) is 10.0. The second kappa shape index (κ2) is 3.84. The molecule has 0 aromatic carbocycles. The number of aromatic amines is 1. The van der Waals surface area contributed by atoms with Gasteiger partial charge in [-0.2, -0.15) is 5.10 Å². The van der Waals surface area contributed by atoms with Gasteiger partial charge in [0.25, 0.3) is 5.91 Å². The number of carbonyl (C=O) groups excluding carboxylic acids is 1. The van der Waals surface area contributed by atoms with Crippen LogP contribution in [-0.4, -0.2) is 40.1 Å². The number of aryl methyl sites for hydroxylation is 1. The molecule has 3 atom stereocenters. The van der Waals surface area contributed by atoms with Gasteiger partial charge in [-0.25, -0.2) is 0 Å². The second-order valence-corrected chi connectivity index (χ2v) is 5.31. The van der Waals surface area contributed by atoms with Crippen molar-refractivity contribution in [3.8, 4) is 0 Å². The summed E-state index contributed by atoms with van der Waals surface area (Å²) in [7, 11) is 0. The molecule has 1 aliphatic carbocycles. The van der Waals surface area contributed by atoms with Crippen LogP contribution in [0.25, 0.3) is 0 Å². The number of hydrogen-bond donors (Lipinski definition) is 2. The van der Waals surface area contributed by atoms with E-state index in [1.54, 1.807) is 6.07 Å². The minimum atomic E-state index is 0.0379. The van der Waals surface area contributed by atoms with E-state index in [0.717, 1.165) is 31.6 Å². The molecule has 17 heavy (non-hydrogen) atoms. The molecule has 1 aromatic rings. The van der Waals surface area contributed by atoms with Gasteiger partial charge in [0.05, 0.1) is 0 Å². The van der Waals surface area contributed by atoms with Crippen molar-refractivity contribution in [2.75, 3.05) is 13.1 Å². The van der Waals surface area contributed by atoms with Gasteiger partial charge in [-0.05, 0) is 37.7 Å². The summed E-state index contributed by atoms with van der Waals surface area (Å²) >= 11 is 0. The van der Waals surface area contributed by atoms with Gasteiger partial charge < -0.3 is 10.6 Å². The van der Waals surface area contributed by atoms with Crippen molar-refractivity contribution in [3.63, 3.8) is 0 Å². The molecule has 2 heterocycles. The lowest BCUT2D eigenvalue weighted by atomic mass is 9.98. The maximum atomic E-state index is 12.2. The van der Waals surface area contributed by atoms with E-state index in [9.17, 15) is 4.79 Å². The van der Waals surface area contributed by atoms with Crippen molar-refractivity contribution in [2.45, 2.75) is 25.8 Å². The highest BCUT2D eigenvalue weighted by Crippen LogP contribution is 2.37. The van der Waals surface area contributed by atoms with Crippen LogP contribution >= 0.6 is 0 Å². The molecule has 92 valence electrons. The van der Waals surface area contributed by atoms with Crippen LogP contribution in [0.1, 0.15) is 29.0 Å². The van der Waals surface area contributed by atoms with Crippen LogP contribution in [0.2, 0.25) is 0 Å². The van der Waals surface area contributed by atoms with E-state index in [4.69, 9.17) is 5.73 Å². The Morgan fingerprint density at radius 3 is 3.00 bits per heavy atom. The normalized spacial score (nSPS) is 31.9. The quantitative estimate of drug-likeness (QED) is 0.744. The van der Waals surface area contributed by atoms with Crippen LogP contribution in [0.3, 0.4) is 0 Å².